The molecule has 1 aromatic carbocycles. The number of nitrogens with zero attached hydrogens (tertiary/aromatic N) is 1. The summed E-state index contributed by atoms with van der Waals surface area (Å²) in [6.07, 6.45) is 1.35. The first-order chi connectivity index (χ1) is 6.88. The number of unbranched alkanes of at least 4 members (excludes halogenated alkanes) is 1. The normalized spacial score (nSPS) is 8.57. The molecule has 2 heteroatoms. The summed E-state index contributed by atoms with van der Waals surface area (Å²) in [6, 6.07) is 9.33. The van der Waals surface area contributed by atoms with Gasteiger partial charge in [-0.05, 0) is 18.6 Å². The maximum absolute atomic E-state index is 8.76. The fourth-order valence-electron chi connectivity index (χ4n) is 1.01. The Morgan fingerprint density at radius 3 is 2.57 bits per heavy atom. The zero-order valence-corrected chi connectivity index (χ0v) is 7.83. The minimum atomic E-state index is 0.161. The van der Waals surface area contributed by atoms with Crippen molar-refractivity contribution in [3.8, 4) is 17.9 Å². The van der Waals surface area contributed by atoms with Crippen LogP contribution >= 0.6 is 0 Å². The zero-order valence-electron chi connectivity index (χ0n) is 7.83. The smallest absolute Gasteiger partial charge is 0.100 e. The van der Waals surface area contributed by atoms with Crippen molar-refractivity contribution >= 4 is 0 Å². The Kier molecular flexibility index (Phi) is 4.27. The molecule has 1 rings (SSSR count). The number of rotatable bonds is 2. The van der Waals surface area contributed by atoms with E-state index in [9.17, 15) is 0 Å². The molecule has 0 aliphatic rings. The summed E-state index contributed by atoms with van der Waals surface area (Å²) in [5.74, 6) is 5.83. The summed E-state index contributed by atoms with van der Waals surface area (Å²) in [7, 11) is 0. The number of aliphatic hydroxyl groups excluding tert-OH is 1. The lowest BCUT2D eigenvalue weighted by atomic mass is 10.1. The van der Waals surface area contributed by atoms with Gasteiger partial charge < -0.3 is 5.11 Å². The van der Waals surface area contributed by atoms with Crippen LogP contribution in [0.4, 0.5) is 0 Å². The van der Waals surface area contributed by atoms with E-state index in [0.717, 1.165) is 5.56 Å². The van der Waals surface area contributed by atoms with Crippen LogP contribution in [0.2, 0.25) is 0 Å². The molecule has 0 saturated heterocycles. The molecule has 0 bridgehead atoms. The van der Waals surface area contributed by atoms with Gasteiger partial charge in [-0.25, -0.2) is 0 Å². The van der Waals surface area contributed by atoms with Gasteiger partial charge in [-0.15, -0.1) is 0 Å². The summed E-state index contributed by atoms with van der Waals surface area (Å²) >= 11 is 0. The Labute approximate surface area is 83.8 Å². The van der Waals surface area contributed by atoms with Crippen LogP contribution in [0.1, 0.15) is 24.0 Å². The molecule has 0 spiro atoms. The van der Waals surface area contributed by atoms with Crippen molar-refractivity contribution in [1.29, 1.82) is 5.26 Å². The molecule has 1 aromatic rings. The van der Waals surface area contributed by atoms with Gasteiger partial charge in [0.25, 0.3) is 0 Å². The highest BCUT2D eigenvalue weighted by atomic mass is 16.2. The minimum absolute atomic E-state index is 0.161. The standard InChI is InChI=1S/C12H11NO/c13-10-12-8-4-3-7-11(12)6-2-1-5-9-14/h3-4,7-8,14H,1,5,9H2. The SMILES string of the molecule is N#Cc1ccccc1C#CCCCO. The molecule has 1 N–H and O–H groups in total. The Morgan fingerprint density at radius 1 is 1.21 bits per heavy atom. The van der Waals surface area contributed by atoms with Crippen LogP contribution in [-0.2, 0) is 0 Å². The van der Waals surface area contributed by atoms with Gasteiger partial charge in [0.1, 0.15) is 6.07 Å². The predicted molar refractivity (Wildman–Crippen MR) is 54.4 cm³/mol. The van der Waals surface area contributed by atoms with Crippen molar-refractivity contribution < 1.29 is 5.11 Å². The van der Waals surface area contributed by atoms with Crippen LogP contribution < -0.4 is 0 Å². The van der Waals surface area contributed by atoms with Gasteiger partial charge in [-0.1, -0.05) is 24.0 Å². The average Bonchev–Trinajstić information content (AvgIpc) is 2.25. The van der Waals surface area contributed by atoms with Crippen LogP contribution in [0.25, 0.3) is 0 Å². The van der Waals surface area contributed by atoms with Gasteiger partial charge in [0.05, 0.1) is 5.56 Å². The van der Waals surface area contributed by atoms with Crippen molar-refractivity contribution in [2.45, 2.75) is 12.8 Å². The van der Waals surface area contributed by atoms with E-state index in [1.165, 1.54) is 0 Å². The fraction of sp³-hybridized carbons (Fsp3) is 0.250. The molecule has 0 radical (unpaired) electrons. The van der Waals surface area contributed by atoms with E-state index in [1.54, 1.807) is 6.07 Å². The van der Waals surface area contributed by atoms with Crippen LogP contribution in [0, 0.1) is 23.2 Å². The van der Waals surface area contributed by atoms with Gasteiger partial charge in [0, 0.05) is 18.6 Å². The van der Waals surface area contributed by atoms with Gasteiger partial charge in [0.2, 0.25) is 0 Å². The summed E-state index contributed by atoms with van der Waals surface area (Å²) in [4.78, 5) is 0. The molecule has 2 nitrogen and oxygen atoms in total. The van der Waals surface area contributed by atoms with E-state index < -0.39 is 0 Å². The van der Waals surface area contributed by atoms with E-state index in [-0.39, 0.29) is 6.61 Å². The first-order valence-electron chi connectivity index (χ1n) is 4.47. The third-order valence-electron chi connectivity index (χ3n) is 1.73. The number of hydrogen-bond donors (Lipinski definition) is 1. The maximum Gasteiger partial charge on any atom is 0.100 e. The average molecular weight is 185 g/mol. The molecular weight excluding hydrogens is 174 g/mol. The molecule has 70 valence electrons. The summed E-state index contributed by atoms with van der Waals surface area (Å²) in [6.45, 7) is 0.161. The highest BCUT2D eigenvalue weighted by Crippen LogP contribution is 2.04. The van der Waals surface area contributed by atoms with Gasteiger partial charge in [-0.2, -0.15) is 5.26 Å². The molecule has 14 heavy (non-hydrogen) atoms. The van der Waals surface area contributed by atoms with Crippen LogP contribution in [0.15, 0.2) is 24.3 Å². The highest BCUT2D eigenvalue weighted by molar-refractivity contribution is 5.47. The molecular formula is C12H11NO. The number of hydrogen-bond acceptors (Lipinski definition) is 2. The molecule has 0 unspecified atom stereocenters. The summed E-state index contributed by atoms with van der Waals surface area (Å²) < 4.78 is 0. The second kappa shape index (κ2) is 5.80. The molecule has 0 aliphatic carbocycles. The third-order valence-corrected chi connectivity index (χ3v) is 1.73. The topological polar surface area (TPSA) is 44.0 Å². The molecule has 0 aromatic heterocycles. The zero-order chi connectivity index (χ0) is 10.2. The lowest BCUT2D eigenvalue weighted by molar-refractivity contribution is 0.290. The number of benzene rings is 1. The van der Waals surface area contributed by atoms with E-state index in [2.05, 4.69) is 17.9 Å². The second-order valence-corrected chi connectivity index (χ2v) is 2.79. The largest absolute Gasteiger partial charge is 0.396 e. The Balaban J connectivity index is 2.74. The van der Waals surface area contributed by atoms with E-state index in [1.807, 2.05) is 18.2 Å². The molecule has 0 heterocycles. The number of nitriles is 1. The van der Waals surface area contributed by atoms with E-state index >= 15 is 0 Å². The monoisotopic (exact) mass is 185 g/mol. The summed E-state index contributed by atoms with van der Waals surface area (Å²) in [5.41, 5.74) is 1.36. The van der Waals surface area contributed by atoms with Gasteiger partial charge in [0.15, 0.2) is 0 Å². The Bertz CT molecular complexity index is 393. The van der Waals surface area contributed by atoms with Crippen molar-refractivity contribution in [3.05, 3.63) is 35.4 Å². The third kappa shape index (κ3) is 2.94. The first kappa shape index (κ1) is 10.3. The van der Waals surface area contributed by atoms with Gasteiger partial charge >= 0.3 is 0 Å². The minimum Gasteiger partial charge on any atom is -0.396 e. The maximum atomic E-state index is 8.76. The lowest BCUT2D eigenvalue weighted by Crippen LogP contribution is -1.82. The van der Waals surface area contributed by atoms with E-state index in [4.69, 9.17) is 10.4 Å². The van der Waals surface area contributed by atoms with Crippen molar-refractivity contribution in [3.63, 3.8) is 0 Å². The highest BCUT2D eigenvalue weighted by Gasteiger charge is 1.94. The van der Waals surface area contributed by atoms with Crippen molar-refractivity contribution in [2.75, 3.05) is 6.61 Å². The molecule has 0 aliphatic heterocycles. The Hall–Kier alpha value is -1.77. The first-order valence-corrected chi connectivity index (χ1v) is 4.47. The van der Waals surface area contributed by atoms with Crippen LogP contribution in [-0.4, -0.2) is 11.7 Å². The quantitative estimate of drug-likeness (QED) is 0.562. The molecule has 0 fully saturated rings. The van der Waals surface area contributed by atoms with E-state index in [0.29, 0.717) is 18.4 Å². The van der Waals surface area contributed by atoms with Crippen molar-refractivity contribution in [2.24, 2.45) is 0 Å². The van der Waals surface area contributed by atoms with Crippen LogP contribution in [0.5, 0.6) is 0 Å². The molecule has 0 saturated carbocycles. The molecule has 0 amide bonds. The predicted octanol–water partition coefficient (Wildman–Crippen LogP) is 1.68. The second-order valence-electron chi connectivity index (χ2n) is 2.79. The van der Waals surface area contributed by atoms with Crippen LogP contribution in [0.3, 0.4) is 0 Å². The lowest BCUT2D eigenvalue weighted by Gasteiger charge is -1.92. The van der Waals surface area contributed by atoms with Gasteiger partial charge in [-0.3, -0.25) is 0 Å². The molecule has 0 atom stereocenters. The number of aliphatic hydroxyl groups is 1. The van der Waals surface area contributed by atoms with Crippen molar-refractivity contribution in [1.82, 2.24) is 0 Å². The fourth-order valence-corrected chi connectivity index (χ4v) is 1.01. The summed E-state index contributed by atoms with van der Waals surface area (Å²) in [5, 5.41) is 17.3. The Morgan fingerprint density at radius 2 is 1.93 bits per heavy atom.